The zero-order chi connectivity index (χ0) is 13.8. The van der Waals surface area contributed by atoms with Crippen LogP contribution < -0.4 is 5.32 Å². The smallest absolute Gasteiger partial charge is 0.0534 e. The van der Waals surface area contributed by atoms with E-state index in [4.69, 9.17) is 0 Å². The number of rotatable bonds is 5. The van der Waals surface area contributed by atoms with Crippen LogP contribution in [0.3, 0.4) is 0 Å². The maximum absolute atomic E-state index is 4.17. The molecule has 1 aromatic carbocycles. The van der Waals surface area contributed by atoms with Crippen molar-refractivity contribution < 1.29 is 0 Å². The fraction of sp³-hybridized carbons (Fsp3) is 0.188. The van der Waals surface area contributed by atoms with Crippen molar-refractivity contribution in [3.05, 3.63) is 64.6 Å². The monoisotopic (exact) mass is 283 g/mol. The van der Waals surface area contributed by atoms with E-state index >= 15 is 0 Å². The number of hydrogen-bond donors (Lipinski definition) is 1. The summed E-state index contributed by atoms with van der Waals surface area (Å²) in [5.41, 5.74) is 3.79. The third-order valence-corrected chi connectivity index (χ3v) is 4.08. The molecule has 102 valence electrons. The Balaban J connectivity index is 1.58. The number of hydrogen-bond acceptors (Lipinski definition) is 3. The van der Waals surface area contributed by atoms with Crippen molar-refractivity contribution in [2.45, 2.75) is 13.1 Å². The minimum atomic E-state index is 0.854. The van der Waals surface area contributed by atoms with Gasteiger partial charge in [-0.15, -0.1) is 11.3 Å². The van der Waals surface area contributed by atoms with E-state index in [1.165, 1.54) is 21.6 Å². The highest BCUT2D eigenvalue weighted by molar-refractivity contribution is 7.10. The van der Waals surface area contributed by atoms with Gasteiger partial charge in [0.2, 0.25) is 0 Å². The van der Waals surface area contributed by atoms with Crippen molar-refractivity contribution in [1.29, 1.82) is 0 Å². The molecule has 1 N–H and O–H groups in total. The van der Waals surface area contributed by atoms with Crippen LogP contribution in [-0.2, 0) is 20.1 Å². The van der Waals surface area contributed by atoms with Crippen LogP contribution >= 0.6 is 11.3 Å². The largest absolute Gasteiger partial charge is 0.308 e. The summed E-state index contributed by atoms with van der Waals surface area (Å²) in [7, 11) is 1.94. The summed E-state index contributed by atoms with van der Waals surface area (Å²) in [6.07, 6.45) is 3.94. The summed E-state index contributed by atoms with van der Waals surface area (Å²) in [5, 5.41) is 9.84. The Morgan fingerprint density at radius 3 is 2.75 bits per heavy atom. The summed E-state index contributed by atoms with van der Waals surface area (Å²) in [5.74, 6) is 0. The first-order valence-electron chi connectivity index (χ1n) is 6.62. The molecule has 3 nitrogen and oxygen atoms in total. The highest BCUT2D eigenvalue weighted by atomic mass is 32.1. The van der Waals surface area contributed by atoms with Gasteiger partial charge in [0.25, 0.3) is 0 Å². The van der Waals surface area contributed by atoms with Gasteiger partial charge in [-0.3, -0.25) is 4.68 Å². The van der Waals surface area contributed by atoms with Crippen LogP contribution in [0.1, 0.15) is 10.4 Å². The topological polar surface area (TPSA) is 29.9 Å². The molecule has 0 unspecified atom stereocenters. The predicted octanol–water partition coefficient (Wildman–Crippen LogP) is 3.44. The number of nitrogens with one attached hydrogen (secondary N) is 1. The molecule has 0 bridgehead atoms. The Labute approximate surface area is 122 Å². The molecule has 0 saturated heterocycles. The standard InChI is InChI=1S/C16H17N3S/c1-19-11-13(9-18-19)8-17-10-16-7-15(12-20-16)14-5-3-2-4-6-14/h2-7,9,11-12,17H,8,10H2,1H3. The van der Waals surface area contributed by atoms with Crippen molar-refractivity contribution in [1.82, 2.24) is 15.1 Å². The number of aromatic nitrogens is 2. The lowest BCUT2D eigenvalue weighted by atomic mass is 10.1. The van der Waals surface area contributed by atoms with Crippen LogP contribution in [0.15, 0.2) is 54.2 Å². The van der Waals surface area contributed by atoms with E-state index in [0.29, 0.717) is 0 Å². The van der Waals surface area contributed by atoms with Crippen molar-refractivity contribution in [3.63, 3.8) is 0 Å². The Kier molecular flexibility index (Phi) is 3.95. The number of aryl methyl sites for hydroxylation is 1. The molecular weight excluding hydrogens is 266 g/mol. The average molecular weight is 283 g/mol. The van der Waals surface area contributed by atoms with Gasteiger partial charge in [0, 0.05) is 36.8 Å². The summed E-state index contributed by atoms with van der Waals surface area (Å²) in [6, 6.07) is 12.8. The third kappa shape index (κ3) is 3.15. The van der Waals surface area contributed by atoms with E-state index in [-0.39, 0.29) is 0 Å². The van der Waals surface area contributed by atoms with Gasteiger partial charge >= 0.3 is 0 Å². The number of benzene rings is 1. The molecule has 0 aliphatic heterocycles. The summed E-state index contributed by atoms with van der Waals surface area (Å²) in [6.45, 7) is 1.75. The molecule has 0 aliphatic rings. The molecule has 4 heteroatoms. The predicted molar refractivity (Wildman–Crippen MR) is 83.5 cm³/mol. The molecule has 2 heterocycles. The van der Waals surface area contributed by atoms with E-state index in [0.717, 1.165) is 13.1 Å². The van der Waals surface area contributed by atoms with E-state index in [9.17, 15) is 0 Å². The summed E-state index contributed by atoms with van der Waals surface area (Å²) in [4.78, 5) is 1.35. The SMILES string of the molecule is Cn1cc(CNCc2cc(-c3ccccc3)cs2)cn1. The van der Waals surface area contributed by atoms with Gasteiger partial charge in [-0.1, -0.05) is 30.3 Å². The first kappa shape index (κ1) is 13.1. The van der Waals surface area contributed by atoms with Gasteiger partial charge in [0.15, 0.2) is 0 Å². The first-order valence-corrected chi connectivity index (χ1v) is 7.50. The highest BCUT2D eigenvalue weighted by Crippen LogP contribution is 2.25. The second-order valence-corrected chi connectivity index (χ2v) is 5.79. The molecule has 0 aliphatic carbocycles. The number of nitrogens with zero attached hydrogens (tertiary/aromatic N) is 2. The maximum atomic E-state index is 4.17. The lowest BCUT2D eigenvalue weighted by Crippen LogP contribution is -2.11. The first-order chi connectivity index (χ1) is 9.81. The van der Waals surface area contributed by atoms with E-state index in [1.807, 2.05) is 30.2 Å². The second kappa shape index (κ2) is 6.03. The Bertz CT molecular complexity index is 670. The van der Waals surface area contributed by atoms with Gasteiger partial charge in [-0.2, -0.15) is 5.10 Å². The van der Waals surface area contributed by atoms with Crippen LogP contribution in [0, 0.1) is 0 Å². The van der Waals surface area contributed by atoms with Crippen molar-refractivity contribution >= 4 is 11.3 Å². The highest BCUT2D eigenvalue weighted by Gasteiger charge is 2.02. The van der Waals surface area contributed by atoms with Gasteiger partial charge in [0.05, 0.1) is 6.20 Å². The van der Waals surface area contributed by atoms with Crippen LogP contribution in [-0.4, -0.2) is 9.78 Å². The Hall–Kier alpha value is -1.91. The minimum absolute atomic E-state index is 0.854. The molecule has 0 atom stereocenters. The normalized spacial score (nSPS) is 10.8. The second-order valence-electron chi connectivity index (χ2n) is 4.79. The fourth-order valence-corrected chi connectivity index (χ4v) is 3.01. The van der Waals surface area contributed by atoms with E-state index in [1.54, 1.807) is 11.3 Å². The van der Waals surface area contributed by atoms with Crippen LogP contribution in [0.2, 0.25) is 0 Å². The van der Waals surface area contributed by atoms with Crippen LogP contribution in [0.4, 0.5) is 0 Å². The maximum Gasteiger partial charge on any atom is 0.0534 e. The zero-order valence-corrected chi connectivity index (χ0v) is 12.2. The summed E-state index contributed by atoms with van der Waals surface area (Å²) < 4.78 is 1.83. The molecule has 2 aromatic heterocycles. The lowest BCUT2D eigenvalue weighted by Gasteiger charge is -2.00. The Morgan fingerprint density at radius 2 is 2.00 bits per heavy atom. The molecule has 0 spiro atoms. The number of thiophene rings is 1. The average Bonchev–Trinajstić information content (AvgIpc) is 3.09. The lowest BCUT2D eigenvalue weighted by molar-refractivity contribution is 0.699. The zero-order valence-electron chi connectivity index (χ0n) is 11.4. The van der Waals surface area contributed by atoms with Gasteiger partial charge in [-0.25, -0.2) is 0 Å². The van der Waals surface area contributed by atoms with E-state index in [2.05, 4.69) is 46.1 Å². The van der Waals surface area contributed by atoms with Gasteiger partial charge in [0.1, 0.15) is 0 Å². The van der Waals surface area contributed by atoms with Crippen LogP contribution in [0.5, 0.6) is 0 Å². The molecule has 0 amide bonds. The Morgan fingerprint density at radius 1 is 1.15 bits per heavy atom. The summed E-state index contributed by atoms with van der Waals surface area (Å²) >= 11 is 1.80. The quantitative estimate of drug-likeness (QED) is 0.777. The van der Waals surface area contributed by atoms with Gasteiger partial charge in [-0.05, 0) is 22.6 Å². The van der Waals surface area contributed by atoms with Crippen molar-refractivity contribution in [2.75, 3.05) is 0 Å². The van der Waals surface area contributed by atoms with Crippen molar-refractivity contribution in [3.8, 4) is 11.1 Å². The molecule has 3 rings (SSSR count). The fourth-order valence-electron chi connectivity index (χ4n) is 2.15. The molecule has 0 radical (unpaired) electrons. The molecular formula is C16H17N3S. The van der Waals surface area contributed by atoms with Crippen LogP contribution in [0.25, 0.3) is 11.1 Å². The molecule has 3 aromatic rings. The molecule has 0 fully saturated rings. The van der Waals surface area contributed by atoms with Crippen molar-refractivity contribution in [2.24, 2.45) is 7.05 Å². The molecule has 20 heavy (non-hydrogen) atoms. The molecule has 0 saturated carbocycles. The minimum Gasteiger partial charge on any atom is -0.308 e. The third-order valence-electron chi connectivity index (χ3n) is 3.15. The van der Waals surface area contributed by atoms with Gasteiger partial charge < -0.3 is 5.32 Å². The van der Waals surface area contributed by atoms with E-state index < -0.39 is 0 Å².